The summed E-state index contributed by atoms with van der Waals surface area (Å²) in [5, 5.41) is 1.31. The van der Waals surface area contributed by atoms with E-state index in [2.05, 4.69) is 24.5 Å². The number of hydrazine groups is 2. The fourth-order valence-electron chi connectivity index (χ4n) is 2.33. The van der Waals surface area contributed by atoms with Crippen molar-refractivity contribution in [1.82, 2.24) is 11.0 Å². The summed E-state index contributed by atoms with van der Waals surface area (Å²) in [6.45, 7) is 6.30. The Balaban J connectivity index is 2.06. The summed E-state index contributed by atoms with van der Waals surface area (Å²) < 4.78 is 5.63. The Labute approximate surface area is 148 Å². The van der Waals surface area contributed by atoms with Crippen molar-refractivity contribution < 1.29 is 9.53 Å². The Bertz CT molecular complexity index is 704. The van der Waals surface area contributed by atoms with Gasteiger partial charge in [0.05, 0.1) is 12.4 Å². The molecule has 6 heteroatoms. The van der Waals surface area contributed by atoms with E-state index in [0.29, 0.717) is 12.3 Å². The van der Waals surface area contributed by atoms with Crippen LogP contribution in [0.15, 0.2) is 66.9 Å². The number of carbonyl (C=O) groups excluding carboxylic acids is 1. The van der Waals surface area contributed by atoms with Crippen LogP contribution in [0.3, 0.4) is 0 Å². The molecule has 0 atom stereocenters. The zero-order valence-electron chi connectivity index (χ0n) is 14.4. The molecule has 4 N–H and O–H groups in total. The number of nitrogens with one attached hydrogen (secondary N) is 2. The highest BCUT2D eigenvalue weighted by Gasteiger charge is 2.20. The average molecular weight is 340 g/mol. The molecule has 132 valence electrons. The van der Waals surface area contributed by atoms with Crippen molar-refractivity contribution in [3.8, 4) is 0 Å². The maximum Gasteiger partial charge on any atom is 0.308 e. The van der Waals surface area contributed by atoms with E-state index in [1.807, 2.05) is 42.5 Å². The van der Waals surface area contributed by atoms with Crippen LogP contribution in [-0.4, -0.2) is 12.6 Å². The maximum absolute atomic E-state index is 12.7. The molecule has 6 nitrogen and oxygen atoms in total. The molecule has 0 heterocycles. The van der Waals surface area contributed by atoms with Crippen LogP contribution in [0.1, 0.15) is 18.1 Å². The number of carbonyl (C=O) groups is 1. The first-order valence-electron chi connectivity index (χ1n) is 8.14. The van der Waals surface area contributed by atoms with Crippen molar-refractivity contribution in [3.63, 3.8) is 0 Å². The molecule has 0 unspecified atom stereocenters. The van der Waals surface area contributed by atoms with Crippen LogP contribution in [0.5, 0.6) is 0 Å². The first kappa shape index (κ1) is 18.7. The van der Waals surface area contributed by atoms with Gasteiger partial charge < -0.3 is 10.5 Å². The van der Waals surface area contributed by atoms with Crippen LogP contribution in [0.2, 0.25) is 0 Å². The molecule has 2 aromatic carbocycles. The van der Waals surface area contributed by atoms with Crippen LogP contribution < -0.4 is 21.7 Å². The number of para-hydroxylation sites is 1. The van der Waals surface area contributed by atoms with E-state index < -0.39 is 5.91 Å². The van der Waals surface area contributed by atoms with Crippen LogP contribution >= 0.6 is 0 Å². The van der Waals surface area contributed by atoms with Gasteiger partial charge in [-0.05, 0) is 29.7 Å². The highest BCUT2D eigenvalue weighted by atomic mass is 16.5. The summed E-state index contributed by atoms with van der Waals surface area (Å²) in [5.41, 5.74) is 13.8. The zero-order valence-corrected chi connectivity index (χ0v) is 14.4. The fourth-order valence-corrected chi connectivity index (χ4v) is 2.33. The largest absolute Gasteiger partial charge is 0.484 e. The summed E-state index contributed by atoms with van der Waals surface area (Å²) in [4.78, 5) is 12.7. The molecule has 25 heavy (non-hydrogen) atoms. The van der Waals surface area contributed by atoms with E-state index >= 15 is 0 Å². The molecule has 0 spiro atoms. The lowest BCUT2D eigenvalue weighted by Gasteiger charge is -2.24. The number of anilines is 1. The quantitative estimate of drug-likeness (QED) is 0.282. The molecule has 0 aromatic heterocycles. The number of benzene rings is 2. The number of nitrogens with zero attached hydrogens (tertiary/aromatic N) is 1. The van der Waals surface area contributed by atoms with Crippen LogP contribution in [-0.2, 0) is 22.6 Å². The maximum atomic E-state index is 12.7. The molecule has 1 amide bonds. The minimum atomic E-state index is -0.402. The lowest BCUT2D eigenvalue weighted by atomic mass is 10.1. The summed E-state index contributed by atoms with van der Waals surface area (Å²) >= 11 is 0. The summed E-state index contributed by atoms with van der Waals surface area (Å²) in [6, 6.07) is 17.1. The third-order valence-corrected chi connectivity index (χ3v) is 3.65. The Morgan fingerprint density at radius 1 is 1.12 bits per heavy atom. The highest BCUT2D eigenvalue weighted by molar-refractivity contribution is 6.03. The molecule has 0 radical (unpaired) electrons. The molecular formula is C19H24N4O2. The van der Waals surface area contributed by atoms with Gasteiger partial charge in [0.2, 0.25) is 0 Å². The van der Waals surface area contributed by atoms with Gasteiger partial charge in [0.15, 0.2) is 5.76 Å². The van der Waals surface area contributed by atoms with Crippen molar-refractivity contribution in [3.05, 3.63) is 78.1 Å². The van der Waals surface area contributed by atoms with Gasteiger partial charge in [0.1, 0.15) is 6.61 Å². The molecule has 2 aromatic rings. The van der Waals surface area contributed by atoms with Crippen molar-refractivity contribution in [2.75, 3.05) is 11.7 Å². The third-order valence-electron chi connectivity index (χ3n) is 3.65. The Morgan fingerprint density at radius 2 is 1.76 bits per heavy atom. The molecule has 2 rings (SSSR count). The third kappa shape index (κ3) is 5.15. The van der Waals surface area contributed by atoms with Crippen LogP contribution in [0.4, 0.5) is 5.69 Å². The van der Waals surface area contributed by atoms with Crippen LogP contribution in [0.25, 0.3) is 0 Å². The lowest BCUT2D eigenvalue weighted by molar-refractivity contribution is -0.119. The molecule has 0 aliphatic rings. The van der Waals surface area contributed by atoms with Gasteiger partial charge in [-0.1, -0.05) is 56.0 Å². The molecule has 0 bridgehead atoms. The van der Waals surface area contributed by atoms with Crippen molar-refractivity contribution in [2.45, 2.75) is 20.0 Å². The number of hydrogen-bond acceptors (Lipinski definition) is 5. The second-order valence-corrected chi connectivity index (χ2v) is 5.30. The minimum absolute atomic E-state index is 0.0427. The Kier molecular flexibility index (Phi) is 7.16. The average Bonchev–Trinajstić information content (AvgIpc) is 2.67. The first-order chi connectivity index (χ1) is 12.2. The van der Waals surface area contributed by atoms with Gasteiger partial charge in [0.25, 0.3) is 0 Å². The number of amides is 1. The van der Waals surface area contributed by atoms with E-state index in [1.165, 1.54) is 10.6 Å². The van der Waals surface area contributed by atoms with E-state index in [-0.39, 0.29) is 12.4 Å². The van der Waals surface area contributed by atoms with Gasteiger partial charge in [0, 0.05) is 0 Å². The SMILES string of the molecule is C=C(OCc1ccccc1CC)C(=O)N(NNCN)c1ccccc1. The monoisotopic (exact) mass is 340 g/mol. The summed E-state index contributed by atoms with van der Waals surface area (Å²) in [7, 11) is 0. The fraction of sp³-hybridized carbons (Fsp3) is 0.211. The topological polar surface area (TPSA) is 79.6 Å². The predicted molar refractivity (Wildman–Crippen MR) is 99.0 cm³/mol. The Hall–Kier alpha value is -2.67. The van der Waals surface area contributed by atoms with Crippen LogP contribution in [0, 0.1) is 0 Å². The normalized spacial score (nSPS) is 10.3. The highest BCUT2D eigenvalue weighted by Crippen LogP contribution is 2.16. The number of rotatable bonds is 9. The molecule has 0 aliphatic carbocycles. The number of aryl methyl sites for hydroxylation is 1. The number of hydrogen-bond donors (Lipinski definition) is 3. The van der Waals surface area contributed by atoms with Gasteiger partial charge >= 0.3 is 5.91 Å². The van der Waals surface area contributed by atoms with E-state index in [4.69, 9.17) is 10.5 Å². The van der Waals surface area contributed by atoms with Gasteiger partial charge in [-0.25, -0.2) is 10.4 Å². The van der Waals surface area contributed by atoms with Crippen molar-refractivity contribution in [1.29, 1.82) is 0 Å². The van der Waals surface area contributed by atoms with E-state index in [0.717, 1.165) is 12.0 Å². The predicted octanol–water partition coefficient (Wildman–Crippen LogP) is 2.24. The smallest absolute Gasteiger partial charge is 0.308 e. The first-order valence-corrected chi connectivity index (χ1v) is 8.14. The standard InChI is InChI=1S/C19H24N4O2/c1-3-16-9-7-8-10-17(16)13-25-15(2)19(24)23(22-21-14-20)18-11-5-4-6-12-18/h4-12,21-22H,2-3,13-14,20H2,1H3. The molecule has 0 saturated carbocycles. The van der Waals surface area contributed by atoms with Gasteiger partial charge in [-0.3, -0.25) is 4.79 Å². The molecule has 0 fully saturated rings. The Morgan fingerprint density at radius 3 is 2.40 bits per heavy atom. The second kappa shape index (κ2) is 9.58. The van der Waals surface area contributed by atoms with E-state index in [9.17, 15) is 4.79 Å². The van der Waals surface area contributed by atoms with Crippen molar-refractivity contribution in [2.24, 2.45) is 5.73 Å². The second-order valence-electron chi connectivity index (χ2n) is 5.30. The summed E-state index contributed by atoms with van der Waals surface area (Å²) in [5.74, 6) is -0.359. The number of nitrogens with two attached hydrogens (primary N) is 1. The molecule has 0 saturated heterocycles. The lowest BCUT2D eigenvalue weighted by Crippen LogP contribution is -2.52. The number of ether oxygens (including phenoxy) is 1. The molecular weight excluding hydrogens is 316 g/mol. The van der Waals surface area contributed by atoms with E-state index in [1.54, 1.807) is 12.1 Å². The minimum Gasteiger partial charge on any atom is -0.484 e. The molecule has 0 aliphatic heterocycles. The van der Waals surface area contributed by atoms with Gasteiger partial charge in [-0.15, -0.1) is 0 Å². The van der Waals surface area contributed by atoms with Crippen molar-refractivity contribution >= 4 is 11.6 Å². The summed E-state index contributed by atoms with van der Waals surface area (Å²) in [6.07, 6.45) is 0.901. The zero-order chi connectivity index (χ0) is 18.1. The van der Waals surface area contributed by atoms with Gasteiger partial charge in [-0.2, -0.15) is 5.53 Å².